The maximum absolute atomic E-state index is 15.2. The summed E-state index contributed by atoms with van der Waals surface area (Å²) >= 11 is 0. The predicted molar refractivity (Wildman–Crippen MR) is 105 cm³/mol. The molecule has 0 aliphatic carbocycles. The molecule has 2 aliphatic heterocycles. The van der Waals surface area contributed by atoms with E-state index in [-0.39, 0.29) is 24.0 Å². The SMILES string of the molecule is O=C1CCC(N2Cc3c(ccc(C(=O)N[C@H](c4cccc(F)c4)C(F)(F)F)c3F)C2=O)C(=O)N1. The topological polar surface area (TPSA) is 95.6 Å². The quantitative estimate of drug-likeness (QED) is 0.519. The highest BCUT2D eigenvalue weighted by atomic mass is 19.4. The fraction of sp³-hybridized carbons (Fsp3) is 0.273. The lowest BCUT2D eigenvalue weighted by Crippen LogP contribution is -2.52. The van der Waals surface area contributed by atoms with Gasteiger partial charge in [0.25, 0.3) is 11.8 Å². The first kappa shape index (κ1) is 23.3. The number of rotatable bonds is 4. The van der Waals surface area contributed by atoms with E-state index < -0.39 is 71.2 Å². The van der Waals surface area contributed by atoms with Gasteiger partial charge in [0.1, 0.15) is 17.7 Å². The van der Waals surface area contributed by atoms with Gasteiger partial charge in [0.05, 0.1) is 12.1 Å². The van der Waals surface area contributed by atoms with Gasteiger partial charge in [-0.1, -0.05) is 12.1 Å². The number of nitrogens with one attached hydrogen (secondary N) is 2. The number of halogens is 5. The van der Waals surface area contributed by atoms with Gasteiger partial charge in [-0.25, -0.2) is 8.78 Å². The highest BCUT2D eigenvalue weighted by Gasteiger charge is 2.44. The molecule has 2 aromatic rings. The van der Waals surface area contributed by atoms with E-state index in [4.69, 9.17) is 0 Å². The van der Waals surface area contributed by atoms with E-state index in [1.54, 1.807) is 5.32 Å². The predicted octanol–water partition coefficient (Wildman–Crippen LogP) is 2.76. The molecule has 7 nitrogen and oxygen atoms in total. The summed E-state index contributed by atoms with van der Waals surface area (Å²) in [5.74, 6) is -5.51. The summed E-state index contributed by atoms with van der Waals surface area (Å²) in [5.41, 5.74) is -1.73. The molecular formula is C22H16F5N3O4. The molecule has 0 saturated carbocycles. The Morgan fingerprint density at radius 1 is 1.12 bits per heavy atom. The third-order valence-electron chi connectivity index (χ3n) is 5.68. The van der Waals surface area contributed by atoms with Crippen LogP contribution in [0.3, 0.4) is 0 Å². The van der Waals surface area contributed by atoms with E-state index in [0.29, 0.717) is 6.07 Å². The molecule has 12 heteroatoms. The van der Waals surface area contributed by atoms with Gasteiger partial charge in [0, 0.05) is 17.5 Å². The lowest BCUT2D eigenvalue weighted by molar-refractivity contribution is -0.155. The minimum Gasteiger partial charge on any atom is -0.337 e. The van der Waals surface area contributed by atoms with Crippen LogP contribution in [-0.4, -0.2) is 40.7 Å². The monoisotopic (exact) mass is 481 g/mol. The third-order valence-corrected chi connectivity index (χ3v) is 5.68. The third kappa shape index (κ3) is 4.22. The molecule has 2 aromatic carbocycles. The van der Waals surface area contributed by atoms with Gasteiger partial charge in [-0.05, 0) is 36.2 Å². The summed E-state index contributed by atoms with van der Waals surface area (Å²) in [6.07, 6.45) is -5.00. The molecule has 2 heterocycles. The van der Waals surface area contributed by atoms with Crippen LogP contribution in [0.1, 0.15) is 50.7 Å². The lowest BCUT2D eigenvalue weighted by atomic mass is 10.0. The van der Waals surface area contributed by atoms with Gasteiger partial charge in [-0.3, -0.25) is 24.5 Å². The van der Waals surface area contributed by atoms with Gasteiger partial charge in [-0.15, -0.1) is 0 Å². The Hall–Kier alpha value is -3.83. The molecule has 178 valence electrons. The largest absolute Gasteiger partial charge is 0.412 e. The Bertz CT molecular complexity index is 1210. The zero-order valence-corrected chi connectivity index (χ0v) is 17.2. The van der Waals surface area contributed by atoms with Gasteiger partial charge < -0.3 is 10.2 Å². The van der Waals surface area contributed by atoms with Crippen molar-refractivity contribution in [2.45, 2.75) is 37.6 Å². The van der Waals surface area contributed by atoms with Gasteiger partial charge in [0.15, 0.2) is 6.04 Å². The number of fused-ring (bicyclic) bond motifs is 1. The smallest absolute Gasteiger partial charge is 0.337 e. The van der Waals surface area contributed by atoms with E-state index in [1.807, 2.05) is 0 Å². The van der Waals surface area contributed by atoms with Crippen molar-refractivity contribution >= 4 is 23.6 Å². The number of benzene rings is 2. The van der Waals surface area contributed by atoms with Crippen molar-refractivity contribution in [3.63, 3.8) is 0 Å². The number of hydrogen-bond acceptors (Lipinski definition) is 4. The lowest BCUT2D eigenvalue weighted by Gasteiger charge is -2.29. The number of amides is 4. The minimum absolute atomic E-state index is 0.0222. The fourth-order valence-electron chi connectivity index (χ4n) is 4.03. The van der Waals surface area contributed by atoms with Gasteiger partial charge >= 0.3 is 6.18 Å². The van der Waals surface area contributed by atoms with E-state index in [2.05, 4.69) is 5.32 Å². The van der Waals surface area contributed by atoms with Crippen LogP contribution < -0.4 is 10.6 Å². The molecule has 2 atom stereocenters. The van der Waals surface area contributed by atoms with Crippen LogP contribution in [0.15, 0.2) is 36.4 Å². The zero-order chi connectivity index (χ0) is 24.8. The first-order valence-corrected chi connectivity index (χ1v) is 10.1. The van der Waals surface area contributed by atoms with E-state index in [0.717, 1.165) is 35.2 Å². The molecule has 4 amide bonds. The van der Waals surface area contributed by atoms with Crippen molar-refractivity contribution in [1.82, 2.24) is 15.5 Å². The number of imide groups is 1. The van der Waals surface area contributed by atoms with Gasteiger partial charge in [-0.2, -0.15) is 13.2 Å². The number of piperidine rings is 1. The molecule has 2 aliphatic rings. The van der Waals surface area contributed by atoms with Crippen molar-refractivity contribution in [3.8, 4) is 0 Å². The maximum atomic E-state index is 15.2. The molecular weight excluding hydrogens is 465 g/mol. The number of nitrogens with zero attached hydrogens (tertiary/aromatic N) is 1. The standard InChI is InChI=1S/C22H16F5N3O4/c23-11-3-1-2-10(8-11)18(22(25,26)27)29-19(32)13-5-4-12-14(17(13)24)9-30(21(12)34)15-6-7-16(31)28-20(15)33/h1-5,8,15,18H,6-7,9H2,(H,29,32)(H,28,31,33)/t15?,18-/m1/s1. The molecule has 2 N–H and O–H groups in total. The number of alkyl halides is 3. The average molecular weight is 481 g/mol. The number of carbonyl (C=O) groups is 4. The highest BCUT2D eigenvalue weighted by molar-refractivity contribution is 6.06. The van der Waals surface area contributed by atoms with Crippen molar-refractivity contribution in [1.29, 1.82) is 0 Å². The Balaban J connectivity index is 1.60. The molecule has 34 heavy (non-hydrogen) atoms. The second-order valence-electron chi connectivity index (χ2n) is 7.86. The Kier molecular flexibility index (Phi) is 5.84. The van der Waals surface area contributed by atoms with Gasteiger partial charge in [0.2, 0.25) is 11.8 Å². The summed E-state index contributed by atoms with van der Waals surface area (Å²) in [6.45, 7) is -0.403. The van der Waals surface area contributed by atoms with Crippen LogP contribution in [0.2, 0.25) is 0 Å². The molecule has 1 fully saturated rings. The maximum Gasteiger partial charge on any atom is 0.412 e. The number of hydrogen-bond donors (Lipinski definition) is 2. The summed E-state index contributed by atoms with van der Waals surface area (Å²) in [4.78, 5) is 49.8. The molecule has 0 bridgehead atoms. The van der Waals surface area contributed by atoms with Crippen LogP contribution in [-0.2, 0) is 16.1 Å². The molecule has 1 saturated heterocycles. The molecule has 0 aromatic heterocycles. The van der Waals surface area contributed by atoms with Crippen molar-refractivity contribution < 1.29 is 41.1 Å². The van der Waals surface area contributed by atoms with Crippen LogP contribution in [0.4, 0.5) is 22.0 Å². The molecule has 1 unspecified atom stereocenters. The van der Waals surface area contributed by atoms with E-state index in [1.165, 1.54) is 0 Å². The summed E-state index contributed by atoms with van der Waals surface area (Å²) in [7, 11) is 0. The highest BCUT2D eigenvalue weighted by Crippen LogP contribution is 2.34. The first-order valence-electron chi connectivity index (χ1n) is 10.1. The van der Waals surface area contributed by atoms with Crippen molar-refractivity contribution in [2.24, 2.45) is 0 Å². The number of carbonyl (C=O) groups excluding carboxylic acids is 4. The van der Waals surface area contributed by atoms with E-state index in [9.17, 15) is 36.7 Å². The Morgan fingerprint density at radius 3 is 2.50 bits per heavy atom. The van der Waals surface area contributed by atoms with E-state index >= 15 is 4.39 Å². The van der Waals surface area contributed by atoms with Crippen molar-refractivity contribution in [3.05, 3.63) is 70.3 Å². The Morgan fingerprint density at radius 2 is 1.85 bits per heavy atom. The van der Waals surface area contributed by atoms with Crippen LogP contribution in [0.5, 0.6) is 0 Å². The average Bonchev–Trinajstić information content (AvgIpc) is 3.08. The molecule has 0 spiro atoms. The molecule has 4 rings (SSSR count). The summed E-state index contributed by atoms with van der Waals surface area (Å²) < 4.78 is 69.3. The van der Waals surface area contributed by atoms with Crippen molar-refractivity contribution in [2.75, 3.05) is 0 Å². The van der Waals surface area contributed by atoms with Crippen LogP contribution in [0.25, 0.3) is 0 Å². The second kappa shape index (κ2) is 8.50. The zero-order valence-electron chi connectivity index (χ0n) is 17.2. The second-order valence-corrected chi connectivity index (χ2v) is 7.86. The summed E-state index contributed by atoms with van der Waals surface area (Å²) in [6, 6.07) is 1.87. The normalized spacial score (nSPS) is 19.0. The fourth-order valence-corrected chi connectivity index (χ4v) is 4.03. The minimum atomic E-state index is -5.00. The molecule has 0 radical (unpaired) electrons. The van der Waals surface area contributed by atoms with Crippen LogP contribution in [0, 0.1) is 11.6 Å². The Labute approximate surface area is 188 Å². The summed E-state index contributed by atoms with van der Waals surface area (Å²) in [5, 5.41) is 3.77. The first-order chi connectivity index (χ1) is 16.0. The van der Waals surface area contributed by atoms with Crippen LogP contribution >= 0.6 is 0 Å².